The van der Waals surface area contributed by atoms with Crippen LogP contribution in [0.25, 0.3) is 21.5 Å². The van der Waals surface area contributed by atoms with E-state index in [1.54, 1.807) is 18.0 Å². The first-order valence-electron chi connectivity index (χ1n) is 7.08. The summed E-state index contributed by atoms with van der Waals surface area (Å²) >= 11 is 1.68. The number of nitrogens with zero attached hydrogens (tertiary/aromatic N) is 3. The highest BCUT2D eigenvalue weighted by atomic mass is 32.2. The summed E-state index contributed by atoms with van der Waals surface area (Å²) in [5.41, 5.74) is 1.08. The van der Waals surface area contributed by atoms with Gasteiger partial charge >= 0.3 is 0 Å². The Bertz CT molecular complexity index is 863. The van der Waals surface area contributed by atoms with E-state index in [4.69, 9.17) is 0 Å². The summed E-state index contributed by atoms with van der Waals surface area (Å²) in [6, 6.07) is 18.6. The fourth-order valence-electron chi connectivity index (χ4n) is 2.54. The Hall–Kier alpha value is -2.46. The normalized spacial score (nSPS) is 11.1. The number of thioether (sulfide) groups is 1. The van der Waals surface area contributed by atoms with Crippen LogP contribution < -0.4 is 0 Å². The van der Waals surface area contributed by atoms with Crippen molar-refractivity contribution in [3.8, 4) is 0 Å². The van der Waals surface area contributed by atoms with Crippen LogP contribution in [0.2, 0.25) is 0 Å². The van der Waals surface area contributed by atoms with Crippen molar-refractivity contribution < 1.29 is 0 Å². The molecule has 3 nitrogen and oxygen atoms in total. The van der Waals surface area contributed by atoms with Crippen LogP contribution in [0.4, 0.5) is 0 Å². The summed E-state index contributed by atoms with van der Waals surface area (Å²) < 4.78 is 0. The lowest BCUT2D eigenvalue weighted by Crippen LogP contribution is -1.91. The Morgan fingerprint density at radius 2 is 1.59 bits per heavy atom. The van der Waals surface area contributed by atoms with Crippen LogP contribution in [0, 0.1) is 0 Å². The maximum Gasteiger partial charge on any atom is 0.127 e. The van der Waals surface area contributed by atoms with Gasteiger partial charge in [-0.3, -0.25) is 4.98 Å². The molecule has 0 amide bonds. The molecule has 2 heterocycles. The molecule has 0 aliphatic carbocycles. The largest absolute Gasteiger partial charge is 0.260 e. The van der Waals surface area contributed by atoms with E-state index >= 15 is 0 Å². The molecule has 4 rings (SSSR count). The lowest BCUT2D eigenvalue weighted by molar-refractivity contribution is 0.955. The average molecular weight is 303 g/mol. The molecule has 4 heteroatoms. The molecule has 0 N–H and O–H groups in total. The number of hydrogen-bond acceptors (Lipinski definition) is 4. The van der Waals surface area contributed by atoms with Crippen LogP contribution in [0.1, 0.15) is 5.69 Å². The highest BCUT2D eigenvalue weighted by molar-refractivity contribution is 7.98. The van der Waals surface area contributed by atoms with Crippen LogP contribution in [0.5, 0.6) is 0 Å². The Kier molecular flexibility index (Phi) is 3.45. The van der Waals surface area contributed by atoms with Gasteiger partial charge in [0.25, 0.3) is 0 Å². The third kappa shape index (κ3) is 2.42. The summed E-state index contributed by atoms with van der Waals surface area (Å²) in [6.07, 6.45) is 3.67. The summed E-state index contributed by atoms with van der Waals surface area (Å²) in [5, 5.41) is 14.0. The van der Waals surface area contributed by atoms with Gasteiger partial charge in [0.05, 0.1) is 11.9 Å². The highest BCUT2D eigenvalue weighted by Crippen LogP contribution is 2.29. The second-order valence-electron chi connectivity index (χ2n) is 5.00. The average Bonchev–Trinajstić information content (AvgIpc) is 2.60. The van der Waals surface area contributed by atoms with Crippen molar-refractivity contribution in [3.05, 3.63) is 72.7 Å². The Morgan fingerprint density at radius 1 is 0.818 bits per heavy atom. The first-order valence-corrected chi connectivity index (χ1v) is 8.06. The third-order valence-corrected chi connectivity index (χ3v) is 4.63. The molecule has 0 aliphatic rings. The molecule has 0 atom stereocenters. The fourth-order valence-corrected chi connectivity index (χ4v) is 3.49. The van der Waals surface area contributed by atoms with Crippen LogP contribution in [0.3, 0.4) is 0 Å². The summed E-state index contributed by atoms with van der Waals surface area (Å²) in [4.78, 5) is 4.53. The Balaban J connectivity index is 1.69. The molecule has 4 aromatic rings. The number of hydrogen-bond donors (Lipinski definition) is 0. The zero-order chi connectivity index (χ0) is 14.8. The number of fused-ring (bicyclic) bond motifs is 2. The first kappa shape index (κ1) is 13.2. The van der Waals surface area contributed by atoms with E-state index in [-0.39, 0.29) is 0 Å². The topological polar surface area (TPSA) is 38.7 Å². The molecule has 0 saturated heterocycles. The van der Waals surface area contributed by atoms with Gasteiger partial charge in [0.2, 0.25) is 0 Å². The van der Waals surface area contributed by atoms with Crippen LogP contribution in [0.15, 0.2) is 72.0 Å². The van der Waals surface area contributed by atoms with Crippen molar-refractivity contribution in [2.45, 2.75) is 10.8 Å². The van der Waals surface area contributed by atoms with Gasteiger partial charge in [0.15, 0.2) is 0 Å². The fraction of sp³-hybridized carbons (Fsp3) is 0.0556. The van der Waals surface area contributed by atoms with E-state index in [9.17, 15) is 0 Å². The zero-order valence-electron chi connectivity index (χ0n) is 11.8. The summed E-state index contributed by atoms with van der Waals surface area (Å²) in [6.45, 7) is 0. The number of rotatable bonds is 3. The van der Waals surface area contributed by atoms with E-state index in [0.717, 1.165) is 27.2 Å². The number of benzene rings is 2. The van der Waals surface area contributed by atoms with Crippen molar-refractivity contribution in [2.24, 2.45) is 0 Å². The molecular formula is C18H13N3S. The predicted octanol–water partition coefficient (Wildman–Crippen LogP) is 4.47. The molecule has 0 spiro atoms. The van der Waals surface area contributed by atoms with E-state index < -0.39 is 0 Å². The van der Waals surface area contributed by atoms with Gasteiger partial charge < -0.3 is 0 Å². The monoisotopic (exact) mass is 303 g/mol. The van der Waals surface area contributed by atoms with Crippen molar-refractivity contribution in [3.63, 3.8) is 0 Å². The molecule has 2 aromatic heterocycles. The summed E-state index contributed by atoms with van der Waals surface area (Å²) in [5.74, 6) is 0.782. The molecule has 2 aromatic carbocycles. The van der Waals surface area contributed by atoms with Gasteiger partial charge in [-0.25, -0.2) is 0 Å². The highest BCUT2D eigenvalue weighted by Gasteiger charge is 2.07. The first-order chi connectivity index (χ1) is 10.9. The quantitative estimate of drug-likeness (QED) is 0.523. The van der Waals surface area contributed by atoms with Crippen molar-refractivity contribution in [1.82, 2.24) is 15.2 Å². The minimum atomic E-state index is 0.782. The second kappa shape index (κ2) is 5.73. The predicted molar refractivity (Wildman–Crippen MR) is 90.8 cm³/mol. The molecule has 0 saturated carbocycles. The molecule has 0 bridgehead atoms. The van der Waals surface area contributed by atoms with Crippen molar-refractivity contribution >= 4 is 33.3 Å². The molecule has 22 heavy (non-hydrogen) atoms. The molecular weight excluding hydrogens is 290 g/mol. The lowest BCUT2D eigenvalue weighted by Gasteiger charge is -2.06. The van der Waals surface area contributed by atoms with Gasteiger partial charge in [-0.05, 0) is 11.5 Å². The smallest absolute Gasteiger partial charge is 0.127 e. The minimum Gasteiger partial charge on any atom is -0.260 e. The van der Waals surface area contributed by atoms with E-state index in [1.807, 2.05) is 24.4 Å². The Morgan fingerprint density at radius 3 is 2.50 bits per heavy atom. The molecule has 0 fully saturated rings. The SMILES string of the molecule is c1ccc2c(CSc3nncc4ccccc34)nccc2c1. The van der Waals surface area contributed by atoms with E-state index in [0.29, 0.717) is 0 Å². The lowest BCUT2D eigenvalue weighted by atomic mass is 10.1. The van der Waals surface area contributed by atoms with Gasteiger partial charge in [0.1, 0.15) is 5.03 Å². The Labute approximate surface area is 132 Å². The van der Waals surface area contributed by atoms with Gasteiger partial charge in [-0.2, -0.15) is 5.10 Å². The van der Waals surface area contributed by atoms with Crippen LogP contribution in [-0.4, -0.2) is 15.2 Å². The third-order valence-electron chi connectivity index (χ3n) is 3.64. The number of aromatic nitrogens is 3. The van der Waals surface area contributed by atoms with Gasteiger partial charge in [0, 0.05) is 28.1 Å². The maximum atomic E-state index is 4.53. The van der Waals surface area contributed by atoms with Crippen molar-refractivity contribution in [2.75, 3.05) is 0 Å². The molecule has 106 valence electrons. The van der Waals surface area contributed by atoms with Crippen molar-refractivity contribution in [1.29, 1.82) is 0 Å². The summed E-state index contributed by atoms with van der Waals surface area (Å²) in [7, 11) is 0. The van der Waals surface area contributed by atoms with Gasteiger partial charge in [-0.15, -0.1) is 5.10 Å². The van der Waals surface area contributed by atoms with Crippen LogP contribution in [-0.2, 0) is 5.75 Å². The van der Waals surface area contributed by atoms with Crippen LogP contribution >= 0.6 is 11.8 Å². The molecule has 0 unspecified atom stereocenters. The zero-order valence-corrected chi connectivity index (χ0v) is 12.6. The van der Waals surface area contributed by atoms with E-state index in [2.05, 4.69) is 51.6 Å². The van der Waals surface area contributed by atoms with Gasteiger partial charge in [-0.1, -0.05) is 60.3 Å². The second-order valence-corrected chi connectivity index (χ2v) is 5.97. The molecule has 0 aliphatic heterocycles. The minimum absolute atomic E-state index is 0.782. The maximum absolute atomic E-state index is 4.53. The van der Waals surface area contributed by atoms with E-state index in [1.165, 1.54) is 10.8 Å². The number of pyridine rings is 1. The molecule has 0 radical (unpaired) electrons. The standard InChI is InChI=1S/C18H13N3S/c1-3-7-15-13(5-1)9-10-19-17(15)12-22-18-16-8-4-2-6-14(16)11-20-21-18/h1-11H,12H2.